The molecule has 376 valence electrons. The predicted molar refractivity (Wildman–Crippen MR) is 250 cm³/mol. The highest BCUT2D eigenvalue weighted by molar-refractivity contribution is 8.00. The number of carbonyl (C=O) groups is 8. The first-order chi connectivity index (χ1) is 31.3. The number of amides is 2. The first kappa shape index (κ1) is 61.7. The van der Waals surface area contributed by atoms with E-state index in [0.29, 0.717) is 50.3 Å². The van der Waals surface area contributed by atoms with E-state index in [4.69, 9.17) is 24.1 Å². The number of unbranched alkanes of at least 4 members (excludes halogenated alkanes) is 13. The second-order valence-corrected chi connectivity index (χ2v) is 17.5. The highest BCUT2D eigenvalue weighted by Gasteiger charge is 2.22. The van der Waals surface area contributed by atoms with Gasteiger partial charge in [0, 0.05) is 64.0 Å². The third-order valence-corrected chi connectivity index (χ3v) is 11.6. The molecule has 0 aromatic rings. The van der Waals surface area contributed by atoms with Gasteiger partial charge in [-0.15, -0.1) is 0 Å². The van der Waals surface area contributed by atoms with Crippen LogP contribution in [0.5, 0.6) is 0 Å². The van der Waals surface area contributed by atoms with Crippen molar-refractivity contribution in [3.05, 3.63) is 0 Å². The first-order valence-corrected chi connectivity index (χ1v) is 25.1. The molecule has 0 aromatic heterocycles. The van der Waals surface area contributed by atoms with E-state index in [-0.39, 0.29) is 126 Å². The number of likely N-dealkylation sites (N-methyl/N-ethyl adjacent to an activating group) is 1. The second kappa shape index (κ2) is 44.5. The van der Waals surface area contributed by atoms with Crippen molar-refractivity contribution in [2.24, 2.45) is 5.92 Å². The van der Waals surface area contributed by atoms with Gasteiger partial charge in [-0.3, -0.25) is 38.4 Å². The van der Waals surface area contributed by atoms with Crippen LogP contribution in [0.2, 0.25) is 0 Å². The fourth-order valence-electron chi connectivity index (χ4n) is 6.63. The molecule has 0 bridgehead atoms. The average Bonchev–Trinajstić information content (AvgIpc) is 3.26. The summed E-state index contributed by atoms with van der Waals surface area (Å²) in [6, 6.07) is -0.258. The Kier molecular flexibility index (Phi) is 42.3. The Morgan fingerprint density at radius 2 is 1.02 bits per heavy atom. The molecular weight excluding hydrogens is 863 g/mol. The van der Waals surface area contributed by atoms with Crippen molar-refractivity contribution < 1.29 is 67.5 Å². The summed E-state index contributed by atoms with van der Waals surface area (Å²) in [5, 5.41) is 26.6. The van der Waals surface area contributed by atoms with Crippen molar-refractivity contribution in [2.75, 3.05) is 84.5 Å². The molecule has 65 heavy (non-hydrogen) atoms. The van der Waals surface area contributed by atoms with Crippen LogP contribution in [0.4, 0.5) is 0 Å². The van der Waals surface area contributed by atoms with Crippen LogP contribution in [0.1, 0.15) is 155 Å². The minimum atomic E-state index is -1.07. The van der Waals surface area contributed by atoms with Crippen LogP contribution in [-0.2, 0) is 57.3 Å². The third-order valence-electron chi connectivity index (χ3n) is 10.5. The minimum Gasteiger partial charge on any atom is -0.481 e. The van der Waals surface area contributed by atoms with Gasteiger partial charge in [-0.2, -0.15) is 11.8 Å². The lowest BCUT2D eigenvalue weighted by molar-refractivity contribution is -0.144. The van der Waals surface area contributed by atoms with Crippen molar-refractivity contribution >= 4 is 58.6 Å². The van der Waals surface area contributed by atoms with Gasteiger partial charge >= 0.3 is 11.9 Å². The Hall–Kier alpha value is -3.29. The van der Waals surface area contributed by atoms with E-state index in [1.165, 1.54) is 63.6 Å². The number of thioether (sulfide) groups is 1. The van der Waals surface area contributed by atoms with Gasteiger partial charge in [0.2, 0.25) is 11.8 Å². The van der Waals surface area contributed by atoms with E-state index in [1.54, 1.807) is 7.05 Å². The number of Topliss-reactive ketones (excluding diaryl/α,β-unsaturated/α-hetero) is 4. The van der Waals surface area contributed by atoms with Gasteiger partial charge < -0.3 is 45.1 Å². The first-order valence-electron chi connectivity index (χ1n) is 23.9. The summed E-state index contributed by atoms with van der Waals surface area (Å²) in [4.78, 5) is 94.3. The lowest BCUT2D eigenvalue weighted by Gasteiger charge is -2.12. The standard InChI is InChI=1S/C47H83N3O14S/c1-38(51)43(48-2)37-65-36-42(54)20-17-25-49-45(56)35-64-32-29-61-27-18-21-41(53)34-63-31-30-62-28-26-50-44(55)24-23-39(47(59)60)33-40(52)19-15-13-11-9-7-5-3-4-6-8-10-12-14-16-22-46(57)58/h39,43,48H,3-37H2,1-2H3,(H,49,56)(H,50,55)(H,57,58)(H,59,60)/t39-,43+/m1/s1. The Balaban J connectivity index is 3.66. The Morgan fingerprint density at radius 3 is 1.58 bits per heavy atom. The molecule has 0 saturated carbocycles. The largest absolute Gasteiger partial charge is 0.481 e. The van der Waals surface area contributed by atoms with Crippen molar-refractivity contribution in [1.29, 1.82) is 0 Å². The van der Waals surface area contributed by atoms with Crippen molar-refractivity contribution in [3.8, 4) is 0 Å². The normalized spacial score (nSPS) is 12.1. The molecule has 0 aromatic carbocycles. The second-order valence-electron chi connectivity index (χ2n) is 16.4. The molecule has 5 N–H and O–H groups in total. The summed E-state index contributed by atoms with van der Waals surface area (Å²) in [7, 11) is 1.71. The fourth-order valence-corrected chi connectivity index (χ4v) is 7.76. The van der Waals surface area contributed by atoms with Gasteiger partial charge in [-0.05, 0) is 46.1 Å². The number of carboxylic acids is 2. The van der Waals surface area contributed by atoms with E-state index in [1.807, 2.05) is 0 Å². The number of rotatable bonds is 50. The van der Waals surface area contributed by atoms with E-state index < -0.39 is 17.9 Å². The van der Waals surface area contributed by atoms with Crippen molar-refractivity contribution in [1.82, 2.24) is 16.0 Å². The summed E-state index contributed by atoms with van der Waals surface area (Å²) in [5.74, 6) is -2.45. The van der Waals surface area contributed by atoms with E-state index in [0.717, 1.165) is 44.9 Å². The maximum Gasteiger partial charge on any atom is 0.306 e. The summed E-state index contributed by atoms with van der Waals surface area (Å²) in [6.45, 7) is 3.45. The van der Waals surface area contributed by atoms with Gasteiger partial charge in [0.15, 0.2) is 5.78 Å². The van der Waals surface area contributed by atoms with Crippen LogP contribution in [0.15, 0.2) is 0 Å². The molecule has 0 rings (SSSR count). The van der Waals surface area contributed by atoms with Gasteiger partial charge in [0.1, 0.15) is 30.6 Å². The molecule has 0 unspecified atom stereocenters. The molecule has 0 aliphatic heterocycles. The number of hydrogen-bond acceptors (Lipinski definition) is 14. The highest BCUT2D eigenvalue weighted by Crippen LogP contribution is 2.17. The number of hydrogen-bond donors (Lipinski definition) is 5. The van der Waals surface area contributed by atoms with Gasteiger partial charge in [0.25, 0.3) is 0 Å². The lowest BCUT2D eigenvalue weighted by Crippen LogP contribution is -2.34. The summed E-state index contributed by atoms with van der Waals surface area (Å²) >= 11 is 1.42. The third kappa shape index (κ3) is 43.1. The molecule has 0 saturated heterocycles. The van der Waals surface area contributed by atoms with Crippen LogP contribution in [0.3, 0.4) is 0 Å². The van der Waals surface area contributed by atoms with Crippen LogP contribution in [0.25, 0.3) is 0 Å². The molecule has 0 heterocycles. The summed E-state index contributed by atoms with van der Waals surface area (Å²) in [5.41, 5.74) is 0. The van der Waals surface area contributed by atoms with Gasteiger partial charge in [-0.1, -0.05) is 77.0 Å². The highest BCUT2D eigenvalue weighted by atomic mass is 32.2. The zero-order chi connectivity index (χ0) is 48.2. The number of carboxylic acid groups (broad SMARTS) is 2. The average molecular weight is 946 g/mol. The quantitative estimate of drug-likeness (QED) is 0.0462. The van der Waals surface area contributed by atoms with Gasteiger partial charge in [-0.25, -0.2) is 0 Å². The lowest BCUT2D eigenvalue weighted by atomic mass is 9.94. The molecule has 0 aliphatic rings. The molecular formula is C47H83N3O14S. The SMILES string of the molecule is CN[C@@H](CSCC(=O)CCCNC(=O)COCCOCCCC(=O)COCCOCCNC(=O)CC[C@H](CC(=O)CCCCCCCCCCCCCCCCC(=O)O)C(=O)O)C(C)=O. The number of aliphatic carboxylic acids is 2. The number of carbonyl (C=O) groups excluding carboxylic acids is 6. The summed E-state index contributed by atoms with van der Waals surface area (Å²) < 4.78 is 21.5. The molecule has 0 aliphatic carbocycles. The van der Waals surface area contributed by atoms with E-state index in [9.17, 15) is 43.5 Å². The molecule has 2 atom stereocenters. The van der Waals surface area contributed by atoms with Crippen LogP contribution < -0.4 is 16.0 Å². The van der Waals surface area contributed by atoms with Crippen LogP contribution in [0, 0.1) is 5.92 Å². The van der Waals surface area contributed by atoms with Crippen molar-refractivity contribution in [2.45, 2.75) is 161 Å². The Morgan fingerprint density at radius 1 is 0.508 bits per heavy atom. The molecule has 0 spiro atoms. The minimum absolute atomic E-state index is 0.00124. The summed E-state index contributed by atoms with van der Waals surface area (Å²) in [6.07, 6.45) is 17.6. The van der Waals surface area contributed by atoms with Crippen LogP contribution in [-0.4, -0.2) is 148 Å². The number of nitrogens with one attached hydrogen (secondary N) is 3. The number of ketones is 4. The van der Waals surface area contributed by atoms with Crippen LogP contribution >= 0.6 is 11.8 Å². The number of ether oxygens (including phenoxy) is 4. The molecule has 17 nitrogen and oxygen atoms in total. The van der Waals surface area contributed by atoms with E-state index >= 15 is 0 Å². The van der Waals surface area contributed by atoms with E-state index in [2.05, 4.69) is 16.0 Å². The Labute approximate surface area is 392 Å². The smallest absolute Gasteiger partial charge is 0.306 e. The topological polar surface area (TPSA) is 250 Å². The maximum atomic E-state index is 12.4. The molecule has 0 radical (unpaired) electrons. The molecule has 2 amide bonds. The zero-order valence-corrected chi connectivity index (χ0v) is 40.4. The molecule has 0 fully saturated rings. The fraction of sp³-hybridized carbons (Fsp3) is 0.830. The van der Waals surface area contributed by atoms with Gasteiger partial charge in [0.05, 0.1) is 50.7 Å². The monoisotopic (exact) mass is 946 g/mol. The Bertz CT molecular complexity index is 1320. The zero-order valence-electron chi connectivity index (χ0n) is 39.6. The molecule has 18 heteroatoms. The predicted octanol–water partition coefficient (Wildman–Crippen LogP) is 5.66. The maximum absolute atomic E-state index is 12.4. The van der Waals surface area contributed by atoms with Crippen molar-refractivity contribution in [3.63, 3.8) is 0 Å².